The smallest absolute Gasteiger partial charge is 0.125 e. The molecule has 3 atom stereocenters. The molecule has 0 saturated carbocycles. The maximum absolute atomic E-state index is 10.7. The van der Waals surface area contributed by atoms with Gasteiger partial charge in [-0.1, -0.05) is 23.3 Å². The van der Waals surface area contributed by atoms with Gasteiger partial charge >= 0.3 is 0 Å². The lowest BCUT2D eigenvalue weighted by molar-refractivity contribution is -0.153. The first-order valence-electron chi connectivity index (χ1n) is 12.1. The van der Waals surface area contributed by atoms with Crippen LogP contribution in [-0.4, -0.2) is 45.8 Å². The summed E-state index contributed by atoms with van der Waals surface area (Å²) in [4.78, 5) is 0. The molecular formula is C28H44O5. The zero-order valence-corrected chi connectivity index (χ0v) is 21.6. The van der Waals surface area contributed by atoms with Crippen LogP contribution in [0.25, 0.3) is 0 Å². The van der Waals surface area contributed by atoms with Crippen molar-refractivity contribution in [3.8, 4) is 11.5 Å². The monoisotopic (exact) mass is 460 g/mol. The zero-order chi connectivity index (χ0) is 24.8. The van der Waals surface area contributed by atoms with E-state index in [0.29, 0.717) is 6.42 Å². The molecule has 5 nitrogen and oxygen atoms in total. The Balaban J connectivity index is 1.81. The van der Waals surface area contributed by atoms with Crippen LogP contribution in [-0.2, 0) is 11.2 Å². The largest absolute Gasteiger partial charge is 0.508 e. The van der Waals surface area contributed by atoms with Crippen LogP contribution in [0.15, 0.2) is 35.4 Å². The average molecular weight is 461 g/mol. The number of aromatic hydroxyl groups is 1. The molecule has 186 valence electrons. The van der Waals surface area contributed by atoms with E-state index in [4.69, 9.17) is 9.47 Å². The van der Waals surface area contributed by atoms with E-state index in [9.17, 15) is 15.3 Å². The first-order valence-corrected chi connectivity index (χ1v) is 12.1. The second-order valence-electron chi connectivity index (χ2n) is 10.5. The molecule has 0 bridgehead atoms. The number of aryl methyl sites for hydroxylation is 1. The van der Waals surface area contributed by atoms with E-state index < -0.39 is 17.3 Å². The number of aliphatic hydroxyl groups excluding tert-OH is 1. The number of phenols is 1. The highest BCUT2D eigenvalue weighted by Gasteiger charge is 2.46. The van der Waals surface area contributed by atoms with E-state index in [0.717, 1.165) is 55.4 Å². The summed E-state index contributed by atoms with van der Waals surface area (Å²) in [6.45, 7) is 11.7. The van der Waals surface area contributed by atoms with Crippen molar-refractivity contribution in [3.05, 3.63) is 46.6 Å². The maximum Gasteiger partial charge on any atom is 0.125 e. The summed E-state index contributed by atoms with van der Waals surface area (Å²) in [6.07, 6.45) is 9.33. The van der Waals surface area contributed by atoms with Gasteiger partial charge in [0.05, 0.1) is 30.5 Å². The number of phenolic OH excluding ortho intramolecular Hbond substituents is 1. The van der Waals surface area contributed by atoms with Gasteiger partial charge in [0.15, 0.2) is 0 Å². The van der Waals surface area contributed by atoms with Gasteiger partial charge in [0, 0.05) is 5.56 Å². The van der Waals surface area contributed by atoms with E-state index >= 15 is 0 Å². The van der Waals surface area contributed by atoms with Crippen LogP contribution in [0.5, 0.6) is 11.5 Å². The molecule has 3 N–H and O–H groups in total. The fourth-order valence-corrected chi connectivity index (χ4v) is 4.58. The Morgan fingerprint density at radius 1 is 1.24 bits per heavy atom. The first-order chi connectivity index (χ1) is 15.4. The summed E-state index contributed by atoms with van der Waals surface area (Å²) in [5, 5.41) is 30.8. The third kappa shape index (κ3) is 7.87. The summed E-state index contributed by atoms with van der Waals surface area (Å²) in [7, 11) is 1.66. The first kappa shape index (κ1) is 27.4. The summed E-state index contributed by atoms with van der Waals surface area (Å²) < 4.78 is 11.6. The van der Waals surface area contributed by atoms with Crippen molar-refractivity contribution in [1.82, 2.24) is 0 Å². The van der Waals surface area contributed by atoms with Crippen LogP contribution in [0.2, 0.25) is 0 Å². The standard InChI is InChI=1S/C28H44O5/c1-19(11-13-22-18-23(29)17-21(3)26(22)32-7)9-8-10-20(2)12-14-24(30)28(6)16-15-25(33-28)27(4,5)31/h10-11,17-18,24-25,29-31H,8-9,12-16H2,1-7H3/b19-11+,20-10+/t24-,25-,28+/m1/s1. The Morgan fingerprint density at radius 3 is 2.52 bits per heavy atom. The van der Waals surface area contributed by atoms with E-state index in [1.807, 2.05) is 13.8 Å². The second-order valence-corrected chi connectivity index (χ2v) is 10.5. The molecule has 1 fully saturated rings. The number of allylic oxidation sites excluding steroid dienone is 4. The van der Waals surface area contributed by atoms with Crippen molar-refractivity contribution in [2.75, 3.05) is 7.11 Å². The number of hydrogen-bond acceptors (Lipinski definition) is 5. The molecule has 2 rings (SSSR count). The molecule has 0 spiro atoms. The summed E-state index contributed by atoms with van der Waals surface area (Å²) >= 11 is 0. The third-order valence-corrected chi connectivity index (χ3v) is 6.86. The lowest BCUT2D eigenvalue weighted by atomic mass is 9.90. The number of benzene rings is 1. The van der Waals surface area contributed by atoms with E-state index in [-0.39, 0.29) is 11.9 Å². The van der Waals surface area contributed by atoms with Gasteiger partial charge in [0.2, 0.25) is 0 Å². The van der Waals surface area contributed by atoms with Crippen molar-refractivity contribution in [2.45, 2.75) is 110 Å². The van der Waals surface area contributed by atoms with Crippen molar-refractivity contribution in [3.63, 3.8) is 0 Å². The molecule has 0 aromatic heterocycles. The SMILES string of the molecule is COc1c(C)cc(O)cc1C/C=C(\C)CC/C=C(\C)CC[C@@H](O)[C@]1(C)CC[C@H](C(C)(C)O)O1. The minimum Gasteiger partial charge on any atom is -0.508 e. The summed E-state index contributed by atoms with van der Waals surface area (Å²) in [5.41, 5.74) is 3.02. The van der Waals surface area contributed by atoms with Gasteiger partial charge < -0.3 is 24.8 Å². The molecular weight excluding hydrogens is 416 g/mol. The Kier molecular flexibility index (Phi) is 9.59. The van der Waals surface area contributed by atoms with Gasteiger partial charge in [-0.15, -0.1) is 0 Å². The van der Waals surface area contributed by atoms with Gasteiger partial charge in [0.1, 0.15) is 11.5 Å². The van der Waals surface area contributed by atoms with E-state index in [2.05, 4.69) is 26.0 Å². The lowest BCUT2D eigenvalue weighted by Crippen LogP contribution is -2.43. The average Bonchev–Trinajstić information content (AvgIpc) is 3.14. The summed E-state index contributed by atoms with van der Waals surface area (Å²) in [5.74, 6) is 1.10. The maximum atomic E-state index is 10.7. The van der Waals surface area contributed by atoms with Crippen LogP contribution in [0.3, 0.4) is 0 Å². The number of ether oxygens (including phenoxy) is 2. The zero-order valence-electron chi connectivity index (χ0n) is 21.6. The molecule has 1 heterocycles. The highest BCUT2D eigenvalue weighted by Crippen LogP contribution is 2.38. The number of methoxy groups -OCH3 is 1. The molecule has 1 aromatic carbocycles. The fraction of sp³-hybridized carbons (Fsp3) is 0.643. The molecule has 33 heavy (non-hydrogen) atoms. The molecule has 0 unspecified atom stereocenters. The predicted octanol–water partition coefficient (Wildman–Crippen LogP) is 5.77. The van der Waals surface area contributed by atoms with Crippen LogP contribution in [0.4, 0.5) is 0 Å². The number of rotatable bonds is 11. The molecule has 5 heteroatoms. The molecule has 0 radical (unpaired) electrons. The van der Waals surface area contributed by atoms with Gasteiger partial charge in [-0.25, -0.2) is 0 Å². The van der Waals surface area contributed by atoms with Gasteiger partial charge in [-0.3, -0.25) is 0 Å². The number of hydrogen-bond donors (Lipinski definition) is 3. The fourth-order valence-electron chi connectivity index (χ4n) is 4.58. The Hall–Kier alpha value is -1.82. The second kappa shape index (κ2) is 11.5. The van der Waals surface area contributed by atoms with E-state index in [1.54, 1.807) is 33.1 Å². The van der Waals surface area contributed by atoms with Crippen molar-refractivity contribution < 1.29 is 24.8 Å². The van der Waals surface area contributed by atoms with Crippen LogP contribution in [0, 0.1) is 6.92 Å². The molecule has 1 aliphatic heterocycles. The number of aliphatic hydroxyl groups is 2. The van der Waals surface area contributed by atoms with Crippen LogP contribution < -0.4 is 4.74 Å². The minimum atomic E-state index is -0.885. The normalized spacial score (nSPS) is 23.1. The van der Waals surface area contributed by atoms with Gasteiger partial charge in [0.25, 0.3) is 0 Å². The highest BCUT2D eigenvalue weighted by molar-refractivity contribution is 5.47. The minimum absolute atomic E-state index is 0.229. The third-order valence-electron chi connectivity index (χ3n) is 6.86. The van der Waals surface area contributed by atoms with Crippen molar-refractivity contribution in [1.29, 1.82) is 0 Å². The summed E-state index contributed by atoms with van der Waals surface area (Å²) in [6, 6.07) is 3.48. The van der Waals surface area contributed by atoms with Crippen LogP contribution >= 0.6 is 0 Å². The van der Waals surface area contributed by atoms with Gasteiger partial charge in [-0.05, 0) is 104 Å². The highest BCUT2D eigenvalue weighted by atomic mass is 16.5. The predicted molar refractivity (Wildman–Crippen MR) is 134 cm³/mol. The quantitative estimate of drug-likeness (QED) is 0.365. The van der Waals surface area contributed by atoms with Crippen LogP contribution in [0.1, 0.15) is 84.3 Å². The molecule has 1 aliphatic rings. The topological polar surface area (TPSA) is 79.2 Å². The molecule has 0 amide bonds. The van der Waals surface area contributed by atoms with E-state index in [1.165, 1.54) is 11.1 Å². The molecule has 1 saturated heterocycles. The van der Waals surface area contributed by atoms with Crippen molar-refractivity contribution >= 4 is 0 Å². The molecule has 0 aliphatic carbocycles. The Labute approximate surface area is 200 Å². The van der Waals surface area contributed by atoms with Crippen molar-refractivity contribution in [2.24, 2.45) is 0 Å². The van der Waals surface area contributed by atoms with Gasteiger partial charge in [-0.2, -0.15) is 0 Å². The Bertz CT molecular complexity index is 849. The lowest BCUT2D eigenvalue weighted by Gasteiger charge is -2.33. The molecule has 1 aromatic rings. The Morgan fingerprint density at radius 2 is 1.91 bits per heavy atom.